The lowest BCUT2D eigenvalue weighted by atomic mass is 10.1. The van der Waals surface area contributed by atoms with Crippen LogP contribution in [-0.4, -0.2) is 28.3 Å². The van der Waals surface area contributed by atoms with Gasteiger partial charge in [-0.2, -0.15) is 5.10 Å². The van der Waals surface area contributed by atoms with Gasteiger partial charge in [0.15, 0.2) is 11.5 Å². The average Bonchev–Trinajstić information content (AvgIpc) is 3.25. The van der Waals surface area contributed by atoms with Crippen LogP contribution in [0.2, 0.25) is 0 Å². The number of nitrogens with one attached hydrogen (secondary N) is 1. The van der Waals surface area contributed by atoms with E-state index in [0.717, 1.165) is 32.8 Å². The summed E-state index contributed by atoms with van der Waals surface area (Å²) in [6.07, 6.45) is 1.60. The van der Waals surface area contributed by atoms with E-state index in [9.17, 15) is 15.2 Å². The van der Waals surface area contributed by atoms with Gasteiger partial charge in [-0.15, -0.1) is 0 Å². The van der Waals surface area contributed by atoms with Gasteiger partial charge in [-0.05, 0) is 48.4 Å². The highest BCUT2D eigenvalue weighted by Crippen LogP contribution is 2.39. The molecule has 9 heteroatoms. The van der Waals surface area contributed by atoms with Gasteiger partial charge in [0, 0.05) is 17.7 Å². The van der Waals surface area contributed by atoms with Crippen molar-refractivity contribution < 1.29 is 14.8 Å². The van der Waals surface area contributed by atoms with E-state index in [1.807, 2.05) is 31.2 Å². The number of non-ortho nitro benzene ring substituents is 1. The molecule has 2 N–H and O–H groups in total. The van der Waals surface area contributed by atoms with E-state index in [1.165, 1.54) is 36.6 Å². The van der Waals surface area contributed by atoms with E-state index in [0.29, 0.717) is 10.9 Å². The molecule has 0 saturated carbocycles. The van der Waals surface area contributed by atoms with Crippen LogP contribution in [0, 0.1) is 17.0 Å². The minimum Gasteiger partial charge on any atom is -0.504 e. The molecule has 0 fully saturated rings. The van der Waals surface area contributed by atoms with Crippen LogP contribution in [0.25, 0.3) is 21.7 Å². The fraction of sp³-hybridized carbons (Fsp3) is 0.0833. The zero-order chi connectivity index (χ0) is 23.4. The highest BCUT2D eigenvalue weighted by Gasteiger charge is 2.16. The molecule has 0 aliphatic rings. The molecule has 0 unspecified atom stereocenters. The zero-order valence-corrected chi connectivity index (χ0v) is 18.7. The number of hydrogen-bond acceptors (Lipinski definition) is 8. The van der Waals surface area contributed by atoms with Gasteiger partial charge >= 0.3 is 0 Å². The summed E-state index contributed by atoms with van der Waals surface area (Å²) < 4.78 is 5.11. The van der Waals surface area contributed by atoms with Crippen molar-refractivity contribution in [2.45, 2.75) is 6.92 Å². The number of anilines is 1. The molecule has 0 radical (unpaired) electrons. The molecule has 0 saturated heterocycles. The summed E-state index contributed by atoms with van der Waals surface area (Å²) in [5.74, 6) is 0.410. The number of nitro benzene ring substituents is 1. The average molecular weight is 461 g/mol. The van der Waals surface area contributed by atoms with Gasteiger partial charge in [0.2, 0.25) is 5.13 Å². The number of aromatic hydroxyl groups is 1. The molecular weight excluding hydrogens is 440 g/mol. The van der Waals surface area contributed by atoms with E-state index < -0.39 is 4.92 Å². The second kappa shape index (κ2) is 9.49. The largest absolute Gasteiger partial charge is 0.504 e. The Kier molecular flexibility index (Phi) is 6.32. The SMILES string of the molecule is COc1cc(/C=N\Nc2nc(-c3ccc(C)cc3)c(-c3ccc([N+](=O)[O-])cc3)s2)ccc1O. The summed E-state index contributed by atoms with van der Waals surface area (Å²) in [6.45, 7) is 2.02. The first kappa shape index (κ1) is 22.0. The van der Waals surface area contributed by atoms with Crippen LogP contribution in [0.4, 0.5) is 10.8 Å². The third kappa shape index (κ3) is 4.99. The molecule has 0 bridgehead atoms. The molecule has 0 amide bonds. The molecule has 33 heavy (non-hydrogen) atoms. The van der Waals surface area contributed by atoms with Crippen molar-refractivity contribution in [3.05, 3.63) is 88.0 Å². The van der Waals surface area contributed by atoms with E-state index in [1.54, 1.807) is 30.5 Å². The number of hydrazone groups is 1. The number of methoxy groups -OCH3 is 1. The molecule has 0 aliphatic heterocycles. The summed E-state index contributed by atoms with van der Waals surface area (Å²) in [5.41, 5.74) is 7.39. The number of aromatic nitrogens is 1. The number of nitro groups is 1. The Bertz CT molecular complexity index is 1320. The van der Waals surface area contributed by atoms with Gasteiger partial charge in [-0.1, -0.05) is 41.2 Å². The predicted octanol–water partition coefficient (Wildman–Crippen LogP) is 5.85. The highest BCUT2D eigenvalue weighted by molar-refractivity contribution is 7.19. The van der Waals surface area contributed by atoms with Crippen LogP contribution in [0.15, 0.2) is 71.8 Å². The number of phenols is 1. The second-order valence-corrected chi connectivity index (χ2v) is 8.17. The number of ether oxygens (including phenoxy) is 1. The number of nitrogens with zero attached hydrogens (tertiary/aromatic N) is 3. The number of rotatable bonds is 7. The number of benzene rings is 3. The lowest BCUT2D eigenvalue weighted by molar-refractivity contribution is -0.384. The lowest BCUT2D eigenvalue weighted by Crippen LogP contribution is -1.91. The Morgan fingerprint density at radius 2 is 1.79 bits per heavy atom. The first-order chi connectivity index (χ1) is 15.9. The Labute approximate surface area is 194 Å². The fourth-order valence-electron chi connectivity index (χ4n) is 3.14. The molecule has 0 aliphatic carbocycles. The summed E-state index contributed by atoms with van der Waals surface area (Å²) >= 11 is 1.40. The third-order valence-corrected chi connectivity index (χ3v) is 5.88. The molecule has 1 heterocycles. The maximum Gasteiger partial charge on any atom is 0.269 e. The van der Waals surface area contributed by atoms with Gasteiger partial charge in [-0.3, -0.25) is 15.5 Å². The zero-order valence-electron chi connectivity index (χ0n) is 17.9. The number of thiazole rings is 1. The number of hydrogen-bond donors (Lipinski definition) is 2. The standard InChI is InChI=1S/C24H20N4O4S/c1-15-3-6-17(7-4-15)22-23(18-8-10-19(11-9-18)28(30)31)33-24(26-22)27-25-14-16-5-12-20(29)21(13-16)32-2/h3-14,29H,1-2H3,(H,26,27)/b25-14-. The van der Waals surface area contributed by atoms with Crippen LogP contribution < -0.4 is 10.2 Å². The van der Waals surface area contributed by atoms with Crippen LogP contribution >= 0.6 is 11.3 Å². The topological polar surface area (TPSA) is 110 Å². The van der Waals surface area contributed by atoms with Crippen LogP contribution in [-0.2, 0) is 0 Å². The predicted molar refractivity (Wildman–Crippen MR) is 130 cm³/mol. The summed E-state index contributed by atoms with van der Waals surface area (Å²) in [5, 5.41) is 25.6. The lowest BCUT2D eigenvalue weighted by Gasteiger charge is -2.03. The quantitative estimate of drug-likeness (QED) is 0.203. The van der Waals surface area contributed by atoms with E-state index in [4.69, 9.17) is 9.72 Å². The highest BCUT2D eigenvalue weighted by atomic mass is 32.1. The van der Waals surface area contributed by atoms with Gasteiger partial charge in [0.1, 0.15) is 0 Å². The maximum absolute atomic E-state index is 11.0. The first-order valence-corrected chi connectivity index (χ1v) is 10.7. The first-order valence-electron chi connectivity index (χ1n) is 9.93. The van der Waals surface area contributed by atoms with Crippen LogP contribution in [0.5, 0.6) is 11.5 Å². The number of aryl methyl sites for hydroxylation is 1. The van der Waals surface area contributed by atoms with Crippen molar-refractivity contribution in [1.82, 2.24) is 4.98 Å². The van der Waals surface area contributed by atoms with E-state index in [-0.39, 0.29) is 11.4 Å². The van der Waals surface area contributed by atoms with Gasteiger partial charge in [-0.25, -0.2) is 4.98 Å². The Morgan fingerprint density at radius 3 is 2.45 bits per heavy atom. The minimum absolute atomic E-state index is 0.0347. The van der Waals surface area contributed by atoms with Crippen molar-refractivity contribution in [3.63, 3.8) is 0 Å². The molecule has 3 aromatic carbocycles. The Morgan fingerprint density at radius 1 is 1.09 bits per heavy atom. The van der Waals surface area contributed by atoms with Gasteiger partial charge < -0.3 is 9.84 Å². The van der Waals surface area contributed by atoms with Crippen molar-refractivity contribution in [2.24, 2.45) is 5.10 Å². The molecule has 166 valence electrons. The van der Waals surface area contributed by atoms with E-state index in [2.05, 4.69) is 10.5 Å². The Hall–Kier alpha value is -4.24. The maximum atomic E-state index is 11.0. The normalized spacial score (nSPS) is 11.0. The number of phenolic OH excluding ortho intramolecular Hbond substituents is 1. The summed E-state index contributed by atoms with van der Waals surface area (Å²) in [4.78, 5) is 16.2. The van der Waals surface area contributed by atoms with Crippen LogP contribution in [0.3, 0.4) is 0 Å². The monoisotopic (exact) mass is 460 g/mol. The summed E-state index contributed by atoms with van der Waals surface area (Å²) in [7, 11) is 1.48. The second-order valence-electron chi connectivity index (χ2n) is 7.17. The van der Waals surface area contributed by atoms with E-state index >= 15 is 0 Å². The molecule has 0 atom stereocenters. The summed E-state index contributed by atoms with van der Waals surface area (Å²) in [6, 6.07) is 19.3. The van der Waals surface area contributed by atoms with Gasteiger partial charge in [0.05, 0.1) is 28.8 Å². The molecule has 1 aromatic heterocycles. The smallest absolute Gasteiger partial charge is 0.269 e. The van der Waals surface area contributed by atoms with Crippen molar-refractivity contribution >= 4 is 28.4 Å². The fourth-order valence-corrected chi connectivity index (χ4v) is 4.08. The molecule has 8 nitrogen and oxygen atoms in total. The van der Waals surface area contributed by atoms with Crippen LogP contribution in [0.1, 0.15) is 11.1 Å². The molecule has 0 spiro atoms. The van der Waals surface area contributed by atoms with Crippen molar-refractivity contribution in [3.8, 4) is 33.2 Å². The minimum atomic E-state index is -0.419. The Balaban J connectivity index is 1.65. The van der Waals surface area contributed by atoms with Gasteiger partial charge in [0.25, 0.3) is 5.69 Å². The third-order valence-electron chi connectivity index (χ3n) is 4.87. The molecular formula is C24H20N4O4S. The molecule has 4 aromatic rings. The van der Waals surface area contributed by atoms with Crippen molar-refractivity contribution in [2.75, 3.05) is 12.5 Å². The molecule has 4 rings (SSSR count). The van der Waals surface area contributed by atoms with Crippen molar-refractivity contribution in [1.29, 1.82) is 0 Å².